The van der Waals surface area contributed by atoms with Crippen LogP contribution in [0.4, 0.5) is 0 Å². The quantitative estimate of drug-likeness (QED) is 0.151. The van der Waals surface area contributed by atoms with Crippen molar-refractivity contribution in [1.29, 1.82) is 21.0 Å². The van der Waals surface area contributed by atoms with Gasteiger partial charge in [0, 0.05) is 101 Å². The molecule has 13 aliphatic rings. The van der Waals surface area contributed by atoms with E-state index in [0.717, 1.165) is 60.7 Å². The van der Waals surface area contributed by atoms with E-state index in [1.807, 2.05) is 0 Å². The summed E-state index contributed by atoms with van der Waals surface area (Å²) in [5.74, 6) is -0.765. The predicted molar refractivity (Wildman–Crippen MR) is 458 cm³/mol. The average Bonchev–Trinajstić information content (AvgIpc) is 1.45. The van der Waals surface area contributed by atoms with E-state index in [0.29, 0.717) is 22.3 Å². The Hall–Kier alpha value is -12.6. The van der Waals surface area contributed by atoms with Crippen LogP contribution < -0.4 is 0 Å². The molecule has 4 heterocycles. The van der Waals surface area contributed by atoms with Gasteiger partial charge in [0.1, 0.15) is 0 Å². The molecule has 0 saturated heterocycles. The van der Waals surface area contributed by atoms with Gasteiger partial charge >= 0.3 is 0 Å². The zero-order valence-electron chi connectivity index (χ0n) is 67.3. The fraction of sp³-hybridized carbons (Fsp3) is 0.248. The highest BCUT2D eigenvalue weighted by Crippen LogP contribution is 2.83. The highest BCUT2D eigenvalue weighted by atomic mass is 15.0. The number of fused-ring (bicyclic) bond motifs is 38. The summed E-state index contributed by atoms with van der Waals surface area (Å²) in [7, 11) is 0. The second-order valence-corrected chi connectivity index (χ2v) is 38.3. The molecule has 13 aliphatic carbocycles. The van der Waals surface area contributed by atoms with E-state index in [9.17, 15) is 21.0 Å². The first kappa shape index (κ1) is 62.9. The summed E-state index contributed by atoms with van der Waals surface area (Å²) in [6, 6.07) is 56.4. The Morgan fingerprint density at radius 1 is 0.261 bits per heavy atom. The van der Waals surface area contributed by atoms with E-state index in [2.05, 4.69) is 271 Å². The van der Waals surface area contributed by atoms with Gasteiger partial charge in [0.15, 0.2) is 0 Å². The van der Waals surface area contributed by atoms with Crippen molar-refractivity contribution in [3.63, 3.8) is 0 Å². The van der Waals surface area contributed by atoms with Gasteiger partial charge in [-0.05, 0) is 346 Å². The zero-order valence-corrected chi connectivity index (χ0v) is 67.3. The summed E-state index contributed by atoms with van der Waals surface area (Å²) in [5, 5.41) is 59.9. The number of nitrogens with zero attached hydrogens (tertiary/aromatic N) is 6. The number of allylic oxidation sites excluding steroid dienone is 6. The molecule has 0 aliphatic heterocycles. The van der Waals surface area contributed by atoms with Gasteiger partial charge in [-0.15, -0.1) is 0 Å². The Morgan fingerprint density at radius 2 is 0.522 bits per heavy atom. The molecular weight excluding hydrogens is 1390 g/mol. The minimum Gasteiger partial charge on any atom is -0.308 e. The second-order valence-electron chi connectivity index (χ2n) is 38.3. The lowest BCUT2D eigenvalue weighted by Crippen LogP contribution is -2.53. The number of aryl methyl sites for hydroxylation is 14. The largest absolute Gasteiger partial charge is 0.308 e. The number of nitriles is 4. The van der Waals surface area contributed by atoms with Crippen molar-refractivity contribution >= 4 is 76.2 Å². The van der Waals surface area contributed by atoms with Crippen molar-refractivity contribution in [2.75, 3.05) is 0 Å². The Balaban J connectivity index is 0.923. The lowest BCUT2D eigenvalue weighted by Gasteiger charge is -2.59. The van der Waals surface area contributed by atoms with E-state index in [4.69, 9.17) is 0 Å². The summed E-state index contributed by atoms with van der Waals surface area (Å²) in [4.78, 5) is 0. The van der Waals surface area contributed by atoms with Gasteiger partial charge in [-0.2, -0.15) is 21.0 Å². The summed E-state index contributed by atoms with van der Waals surface area (Å²) in [5.41, 5.74) is 56.7. The minimum absolute atomic E-state index is 0.0739. The van der Waals surface area contributed by atoms with Gasteiger partial charge in [-0.3, -0.25) is 0 Å². The van der Waals surface area contributed by atoms with Crippen molar-refractivity contribution in [1.82, 2.24) is 8.80 Å². The molecule has 11 atom stereocenters. The minimum atomic E-state index is -0.806. The topological polar surface area (TPSA) is 104 Å². The van der Waals surface area contributed by atoms with Crippen LogP contribution in [0.2, 0.25) is 0 Å². The van der Waals surface area contributed by atoms with Crippen molar-refractivity contribution in [2.45, 2.75) is 174 Å². The maximum atomic E-state index is 12.7. The predicted octanol–water partition coefficient (Wildman–Crippen LogP) is 24.0. The van der Waals surface area contributed by atoms with Gasteiger partial charge in [0.25, 0.3) is 0 Å². The third kappa shape index (κ3) is 5.87. The number of aromatic nitrogens is 2. The van der Waals surface area contributed by atoms with Gasteiger partial charge in [0.05, 0.1) is 85.0 Å². The van der Waals surface area contributed by atoms with E-state index >= 15 is 0 Å². The fourth-order valence-corrected chi connectivity index (χ4v) is 28.8. The van der Waals surface area contributed by atoms with Crippen LogP contribution >= 0.6 is 0 Å². The first-order chi connectivity index (χ1) is 55.4. The molecule has 0 radical (unpaired) electrons. The number of hydrogen-bond donors (Lipinski definition) is 0. The zero-order chi connectivity index (χ0) is 77.8. The second kappa shape index (κ2) is 18.6. The molecule has 12 aromatic carbocycles. The Morgan fingerprint density at radius 3 is 0.826 bits per heavy atom. The Kier molecular flexibility index (Phi) is 10.2. The van der Waals surface area contributed by atoms with Crippen LogP contribution in [-0.4, -0.2) is 8.80 Å². The van der Waals surface area contributed by atoms with Crippen LogP contribution in [-0.2, 0) is 21.7 Å². The first-order valence-corrected chi connectivity index (χ1v) is 41.7. The Bertz CT molecular complexity index is 8270. The molecule has 0 saturated carbocycles. The highest BCUT2D eigenvalue weighted by molar-refractivity contribution is 6.47. The summed E-state index contributed by atoms with van der Waals surface area (Å²) < 4.78 is 5.27. The van der Waals surface area contributed by atoms with Crippen molar-refractivity contribution < 1.29 is 0 Å². The summed E-state index contributed by atoms with van der Waals surface area (Å²) >= 11 is 0. The first-order valence-electron chi connectivity index (χ1n) is 41.7. The third-order valence-electron chi connectivity index (χ3n) is 34.1. The molecule has 4 spiro atoms. The number of hydrogen-bond acceptors (Lipinski definition) is 4. The maximum absolute atomic E-state index is 12.7. The van der Waals surface area contributed by atoms with Gasteiger partial charge < -0.3 is 8.80 Å². The summed E-state index contributed by atoms with van der Waals surface area (Å²) in [6.45, 7) is 36.4. The van der Waals surface area contributed by atoms with E-state index in [1.54, 1.807) is 0 Å². The van der Waals surface area contributed by atoms with Crippen LogP contribution in [0.3, 0.4) is 0 Å². The molecule has 0 fully saturated rings. The lowest BCUT2D eigenvalue weighted by atomic mass is 9.42. The van der Waals surface area contributed by atoms with Crippen molar-refractivity contribution in [3.05, 3.63) is 367 Å². The molecule has 29 rings (SSSR count). The molecule has 6 heteroatoms. The fourth-order valence-electron chi connectivity index (χ4n) is 28.8. The molecule has 11 unspecified atom stereocenters. The van der Waals surface area contributed by atoms with Gasteiger partial charge in [0.2, 0.25) is 0 Å². The molecule has 542 valence electrons. The van der Waals surface area contributed by atoms with Crippen LogP contribution in [0, 0.1) is 142 Å². The number of benzene rings is 12. The SMILES string of the molecule is CC1=CC2=CC3(C=C1C)c1cc(C)c(C)cc1C2c1c3c(C#N)cc2c1c1c3c4c5c(c(C#N)cc4n4c6cc(C#N)c7c(c6c(c6c8c9c(c(C#N)cc8n2c16)C1c2cc(C)c(C)cc2C12c1cc(C)c(C)cc1C92)c34)C1c2cc(C)c(C)cc2C12c1cc(C)c(C)cc1C72)C1c2cc(C)c(C)cc2C12c1cc(C)c(C)cc1C52. The third-order valence-corrected chi connectivity index (χ3v) is 34.1. The van der Waals surface area contributed by atoms with Crippen LogP contribution in [0.1, 0.15) is 278 Å². The van der Waals surface area contributed by atoms with Crippen LogP contribution in [0.25, 0.3) is 76.2 Å². The van der Waals surface area contributed by atoms with E-state index < -0.39 is 21.7 Å². The molecular formula is C109H76N6. The number of rotatable bonds is 0. The van der Waals surface area contributed by atoms with Crippen LogP contribution in [0.15, 0.2) is 144 Å². The Labute approximate surface area is 666 Å². The standard InChI is InChI=1S/C109H76N6/c1-42-17-58-37-106(36-57(42)16)70-25-50(9)43(2)18-63(70)81(58)89-85-80(35-62(41-113)97(89)106)115-79-34-61(40-112)84-92(103-69-24-49(8)56(15)31-76(69)109(103)73-28-53(12)46(5)21-66(73)100(84)109)88(79)95-96-87-78(33-60(39-111)83-91(87)102-68-23-48(7)55(14)30-75(68)108(102)72-27-52(11)45(4)20-65(72)99(83)108)114-77-32-59(38-110)82-90(86(77)94(105(96)114)93(85)104(95)115)101-67-22-47(6)54(13)29-74(67)107(101)71-26-51(10)44(3)19-64(71)98(82)107/h17-37,81,98-103H,1-16H3. The van der Waals surface area contributed by atoms with E-state index in [-0.39, 0.29) is 41.4 Å². The molecule has 4 aromatic heterocycles. The maximum Gasteiger partial charge on any atom is 0.0996 e. The molecule has 6 nitrogen and oxygen atoms in total. The highest BCUT2D eigenvalue weighted by Gasteiger charge is 2.74. The van der Waals surface area contributed by atoms with Gasteiger partial charge in [-0.1, -0.05) is 109 Å². The smallest absolute Gasteiger partial charge is 0.0996 e. The average molecular weight is 1470 g/mol. The lowest BCUT2D eigenvalue weighted by molar-refractivity contribution is 0.332. The van der Waals surface area contributed by atoms with Crippen molar-refractivity contribution in [2.24, 2.45) is 0 Å². The van der Waals surface area contributed by atoms with E-state index in [1.165, 1.54) is 232 Å². The molecule has 0 N–H and O–H groups in total. The van der Waals surface area contributed by atoms with Crippen LogP contribution in [0.5, 0.6) is 0 Å². The monoisotopic (exact) mass is 1470 g/mol. The summed E-state index contributed by atoms with van der Waals surface area (Å²) in [6.07, 6.45) is 7.50. The normalized spacial score (nSPS) is 25.2. The molecule has 115 heavy (non-hydrogen) atoms. The van der Waals surface area contributed by atoms with Crippen molar-refractivity contribution in [3.8, 4) is 24.3 Å². The van der Waals surface area contributed by atoms with Gasteiger partial charge in [-0.25, -0.2) is 0 Å². The molecule has 0 amide bonds. The molecule has 16 aromatic rings. The molecule has 3 bridgehead atoms.